The zero-order valence-corrected chi connectivity index (χ0v) is 19.7. The second kappa shape index (κ2) is 10.6. The Bertz CT molecular complexity index is 656. The normalized spacial score (nSPS) is 34.5. The van der Waals surface area contributed by atoms with E-state index < -0.39 is 0 Å². The van der Waals surface area contributed by atoms with E-state index in [1.807, 2.05) is 19.1 Å². The van der Waals surface area contributed by atoms with Crippen molar-refractivity contribution in [1.82, 2.24) is 0 Å². The topological polar surface area (TPSA) is 0 Å². The lowest BCUT2D eigenvalue weighted by Gasteiger charge is -2.45. The summed E-state index contributed by atoms with van der Waals surface area (Å²) >= 11 is 0. The van der Waals surface area contributed by atoms with E-state index in [1.165, 1.54) is 95.5 Å². The average molecular weight is 413 g/mol. The van der Waals surface area contributed by atoms with Crippen LogP contribution in [0.15, 0.2) is 18.2 Å². The van der Waals surface area contributed by atoms with Crippen LogP contribution in [0.4, 0.5) is 4.39 Å². The summed E-state index contributed by atoms with van der Waals surface area (Å²) in [7, 11) is 0. The van der Waals surface area contributed by atoms with Gasteiger partial charge >= 0.3 is 0 Å². The predicted octanol–water partition coefficient (Wildman–Crippen LogP) is 9.07. The number of benzene rings is 1. The molecule has 0 aromatic heterocycles. The van der Waals surface area contributed by atoms with Gasteiger partial charge in [0.15, 0.2) is 0 Å². The summed E-state index contributed by atoms with van der Waals surface area (Å²) in [4.78, 5) is 0. The van der Waals surface area contributed by atoms with Crippen LogP contribution in [-0.2, 0) is 6.42 Å². The van der Waals surface area contributed by atoms with E-state index in [4.69, 9.17) is 0 Å². The van der Waals surface area contributed by atoms with Gasteiger partial charge in [0.05, 0.1) is 0 Å². The quantitative estimate of drug-likeness (QED) is 0.392. The summed E-state index contributed by atoms with van der Waals surface area (Å²) < 4.78 is 14.3. The Labute approximate surface area is 185 Å². The monoisotopic (exact) mass is 412 g/mol. The van der Waals surface area contributed by atoms with Gasteiger partial charge in [-0.2, -0.15) is 0 Å². The molecule has 168 valence electrons. The van der Waals surface area contributed by atoms with Crippen LogP contribution in [0.3, 0.4) is 0 Å². The third-order valence-electron chi connectivity index (χ3n) is 9.36. The lowest BCUT2D eigenvalue weighted by molar-refractivity contribution is 0.0710. The molecule has 1 aromatic carbocycles. The van der Waals surface area contributed by atoms with Crippen molar-refractivity contribution < 1.29 is 4.39 Å². The van der Waals surface area contributed by atoms with Crippen molar-refractivity contribution in [2.24, 2.45) is 29.6 Å². The van der Waals surface area contributed by atoms with Crippen LogP contribution in [0.5, 0.6) is 0 Å². The zero-order chi connectivity index (χ0) is 20.9. The highest BCUT2D eigenvalue weighted by atomic mass is 19.1. The molecule has 3 aliphatic carbocycles. The van der Waals surface area contributed by atoms with Crippen molar-refractivity contribution in [2.75, 3.05) is 0 Å². The predicted molar refractivity (Wildman–Crippen MR) is 126 cm³/mol. The van der Waals surface area contributed by atoms with E-state index in [9.17, 15) is 4.39 Å². The zero-order valence-electron chi connectivity index (χ0n) is 19.7. The first kappa shape index (κ1) is 22.3. The first-order chi connectivity index (χ1) is 14.7. The maximum atomic E-state index is 14.3. The highest BCUT2D eigenvalue weighted by Crippen LogP contribution is 2.51. The summed E-state index contributed by atoms with van der Waals surface area (Å²) in [6.07, 6.45) is 21.0. The molecule has 4 unspecified atom stereocenters. The van der Waals surface area contributed by atoms with Gasteiger partial charge in [-0.05, 0) is 110 Å². The molecule has 0 spiro atoms. The highest BCUT2D eigenvalue weighted by Gasteiger charge is 2.39. The minimum Gasteiger partial charge on any atom is -0.207 e. The van der Waals surface area contributed by atoms with E-state index in [0.717, 1.165) is 41.6 Å². The first-order valence-electron chi connectivity index (χ1n) is 13.5. The Morgan fingerprint density at radius 2 is 1.43 bits per heavy atom. The van der Waals surface area contributed by atoms with Crippen molar-refractivity contribution in [3.8, 4) is 0 Å². The van der Waals surface area contributed by atoms with E-state index in [1.54, 1.807) is 0 Å². The third kappa shape index (κ3) is 5.31. The molecule has 0 saturated heterocycles. The summed E-state index contributed by atoms with van der Waals surface area (Å²) in [6.45, 7) is 4.36. The largest absolute Gasteiger partial charge is 0.207 e. The van der Waals surface area contributed by atoms with Crippen LogP contribution in [0.2, 0.25) is 0 Å². The molecular formula is C29H45F. The highest BCUT2D eigenvalue weighted by molar-refractivity contribution is 5.27. The molecule has 0 nitrogen and oxygen atoms in total. The van der Waals surface area contributed by atoms with Crippen molar-refractivity contribution in [3.63, 3.8) is 0 Å². The molecule has 1 heteroatoms. The molecule has 3 aliphatic rings. The number of unbranched alkanes of at least 4 members (excludes halogenated alkanes) is 2. The molecule has 4 atom stereocenters. The Morgan fingerprint density at radius 3 is 2.13 bits per heavy atom. The number of fused-ring (bicyclic) bond motifs is 1. The lowest BCUT2D eigenvalue weighted by Crippen LogP contribution is -2.34. The molecule has 3 fully saturated rings. The molecule has 0 bridgehead atoms. The average Bonchev–Trinajstić information content (AvgIpc) is 2.79. The van der Waals surface area contributed by atoms with Crippen LogP contribution in [0.25, 0.3) is 0 Å². The van der Waals surface area contributed by atoms with Gasteiger partial charge in [0.1, 0.15) is 5.82 Å². The van der Waals surface area contributed by atoms with Crippen molar-refractivity contribution in [2.45, 2.75) is 116 Å². The molecule has 4 rings (SSSR count). The number of hydrogen-bond acceptors (Lipinski definition) is 0. The maximum absolute atomic E-state index is 14.3. The smallest absolute Gasteiger partial charge is 0.126 e. The molecule has 3 saturated carbocycles. The van der Waals surface area contributed by atoms with Gasteiger partial charge < -0.3 is 0 Å². The Balaban J connectivity index is 1.25. The van der Waals surface area contributed by atoms with E-state index >= 15 is 0 Å². The van der Waals surface area contributed by atoms with Gasteiger partial charge in [-0.1, -0.05) is 64.5 Å². The standard InChI is InChI=1S/C29H45F/c1-3-5-6-7-21-8-10-23(11-9-21)24-14-15-26-19-27(17-16-25(26)18-24)28-13-12-22(4-2)29(30)20-28/h12-13,20-21,23-27H,3-11,14-19H2,1-2H3. The Morgan fingerprint density at radius 1 is 0.767 bits per heavy atom. The number of aryl methyl sites for hydroxylation is 1. The van der Waals surface area contributed by atoms with Gasteiger partial charge in [-0.3, -0.25) is 0 Å². The van der Waals surface area contributed by atoms with E-state index in [0.29, 0.717) is 5.92 Å². The van der Waals surface area contributed by atoms with Gasteiger partial charge in [-0.15, -0.1) is 0 Å². The summed E-state index contributed by atoms with van der Waals surface area (Å²) in [5.41, 5.74) is 2.14. The van der Waals surface area contributed by atoms with Crippen LogP contribution < -0.4 is 0 Å². The number of rotatable bonds is 7. The van der Waals surface area contributed by atoms with Crippen LogP contribution in [0, 0.1) is 35.4 Å². The van der Waals surface area contributed by atoms with Gasteiger partial charge in [-0.25, -0.2) is 4.39 Å². The summed E-state index contributed by atoms with van der Waals surface area (Å²) in [6, 6.07) is 6.11. The van der Waals surface area contributed by atoms with Crippen molar-refractivity contribution in [1.29, 1.82) is 0 Å². The number of halogens is 1. The van der Waals surface area contributed by atoms with Crippen LogP contribution >= 0.6 is 0 Å². The van der Waals surface area contributed by atoms with Gasteiger partial charge in [0.2, 0.25) is 0 Å². The fourth-order valence-electron chi connectivity index (χ4n) is 7.39. The van der Waals surface area contributed by atoms with Crippen molar-refractivity contribution in [3.05, 3.63) is 35.1 Å². The Kier molecular flexibility index (Phi) is 7.93. The number of hydrogen-bond donors (Lipinski definition) is 0. The minimum atomic E-state index is 0.0196. The van der Waals surface area contributed by atoms with Crippen molar-refractivity contribution >= 4 is 0 Å². The summed E-state index contributed by atoms with van der Waals surface area (Å²) in [5, 5.41) is 0. The van der Waals surface area contributed by atoms with Gasteiger partial charge in [0, 0.05) is 0 Å². The molecule has 0 radical (unpaired) electrons. The fourth-order valence-corrected chi connectivity index (χ4v) is 7.39. The molecule has 30 heavy (non-hydrogen) atoms. The third-order valence-corrected chi connectivity index (χ3v) is 9.36. The Hall–Kier alpha value is -0.850. The molecule has 0 aliphatic heterocycles. The minimum absolute atomic E-state index is 0.0196. The van der Waals surface area contributed by atoms with Gasteiger partial charge in [0.25, 0.3) is 0 Å². The van der Waals surface area contributed by atoms with Crippen LogP contribution in [-0.4, -0.2) is 0 Å². The fraction of sp³-hybridized carbons (Fsp3) is 0.793. The van der Waals surface area contributed by atoms with E-state index in [-0.39, 0.29) is 5.82 Å². The SMILES string of the molecule is CCCCCC1CCC(C2CCC3CC(c4ccc(CC)c(F)c4)CCC3C2)CC1. The molecule has 0 N–H and O–H groups in total. The molecular weight excluding hydrogens is 367 g/mol. The van der Waals surface area contributed by atoms with Crippen LogP contribution in [0.1, 0.15) is 121 Å². The molecule has 1 aromatic rings. The molecule has 0 heterocycles. The lowest BCUT2D eigenvalue weighted by atomic mass is 9.60. The second-order valence-corrected chi connectivity index (χ2v) is 11.1. The first-order valence-corrected chi connectivity index (χ1v) is 13.5. The molecule has 0 amide bonds. The summed E-state index contributed by atoms with van der Waals surface area (Å²) in [5.74, 6) is 5.57. The maximum Gasteiger partial charge on any atom is 0.126 e. The second-order valence-electron chi connectivity index (χ2n) is 11.1. The van der Waals surface area contributed by atoms with E-state index in [2.05, 4.69) is 13.0 Å².